The largest absolute Gasteiger partial charge is 0.465 e. The first-order valence-corrected chi connectivity index (χ1v) is 7.81. The number of fused-ring (bicyclic) bond motifs is 1. The lowest BCUT2D eigenvalue weighted by Crippen LogP contribution is -2.29. The Labute approximate surface area is 135 Å². The molecular formula is C15H13N3O4S. The highest BCUT2D eigenvalue weighted by molar-refractivity contribution is 7.99. The van der Waals surface area contributed by atoms with Gasteiger partial charge in [-0.05, 0) is 24.3 Å². The van der Waals surface area contributed by atoms with Crippen molar-refractivity contribution in [1.82, 2.24) is 9.55 Å². The molecule has 0 atom stereocenters. The van der Waals surface area contributed by atoms with Crippen LogP contribution in [0.15, 0.2) is 40.4 Å². The fourth-order valence-corrected chi connectivity index (χ4v) is 3.09. The Morgan fingerprint density at radius 2 is 2.04 bits per heavy atom. The van der Waals surface area contributed by atoms with Gasteiger partial charge in [-0.3, -0.25) is 14.2 Å². The van der Waals surface area contributed by atoms with Gasteiger partial charge in [-0.1, -0.05) is 11.8 Å². The third-order valence-electron chi connectivity index (χ3n) is 3.37. The fraction of sp³-hybridized carbons (Fsp3) is 0.200. The summed E-state index contributed by atoms with van der Waals surface area (Å²) in [6.45, 7) is 0.556. The lowest BCUT2D eigenvalue weighted by Gasteiger charge is -2.07. The maximum atomic E-state index is 12.3. The number of thioether (sulfide) groups is 1. The molecule has 0 radical (unpaired) electrons. The Balaban J connectivity index is 1.80. The maximum absolute atomic E-state index is 12.3. The van der Waals surface area contributed by atoms with Crippen LogP contribution in [-0.2, 0) is 11.3 Å². The molecule has 0 spiro atoms. The summed E-state index contributed by atoms with van der Waals surface area (Å²) in [5, 5.41) is 3.26. The molecule has 1 aliphatic heterocycles. The standard InChI is InChI=1S/C15H13N3O4S/c1-22-14(21)9-2-4-10(5-3-9)17-12(19)11-8-16-15-18(13(11)20)6-7-23-15/h2-5,8H,6-7H2,1H3,(H,17,19). The lowest BCUT2D eigenvalue weighted by molar-refractivity contribution is 0.0600. The summed E-state index contributed by atoms with van der Waals surface area (Å²) in [5.41, 5.74) is 0.501. The molecule has 1 N–H and O–H groups in total. The molecule has 2 heterocycles. The number of nitrogens with one attached hydrogen (secondary N) is 1. The second-order valence-electron chi connectivity index (χ2n) is 4.78. The minimum atomic E-state index is -0.527. The van der Waals surface area contributed by atoms with Crippen molar-refractivity contribution in [2.45, 2.75) is 11.7 Å². The number of carbonyl (C=O) groups is 2. The van der Waals surface area contributed by atoms with Crippen LogP contribution in [0.25, 0.3) is 0 Å². The number of ether oxygens (including phenoxy) is 1. The van der Waals surface area contributed by atoms with Crippen LogP contribution in [0.4, 0.5) is 5.69 Å². The smallest absolute Gasteiger partial charge is 0.337 e. The highest BCUT2D eigenvalue weighted by Crippen LogP contribution is 2.20. The molecule has 8 heteroatoms. The summed E-state index contributed by atoms with van der Waals surface area (Å²) in [4.78, 5) is 40.0. The SMILES string of the molecule is COC(=O)c1ccc(NC(=O)c2cnc3n(c2=O)CCS3)cc1. The number of esters is 1. The molecule has 2 aromatic rings. The van der Waals surface area contributed by atoms with E-state index in [2.05, 4.69) is 15.0 Å². The molecule has 0 aliphatic carbocycles. The molecule has 3 rings (SSSR count). The van der Waals surface area contributed by atoms with E-state index in [-0.39, 0.29) is 11.1 Å². The van der Waals surface area contributed by atoms with Gasteiger partial charge in [0.25, 0.3) is 11.5 Å². The third-order valence-corrected chi connectivity index (χ3v) is 4.34. The molecule has 0 saturated heterocycles. The number of amides is 1. The number of methoxy groups -OCH3 is 1. The van der Waals surface area contributed by atoms with E-state index in [1.807, 2.05) is 0 Å². The predicted molar refractivity (Wildman–Crippen MR) is 85.0 cm³/mol. The number of nitrogens with zero attached hydrogens (tertiary/aromatic N) is 2. The van der Waals surface area contributed by atoms with E-state index in [1.165, 1.54) is 41.8 Å². The zero-order chi connectivity index (χ0) is 16.4. The van der Waals surface area contributed by atoms with E-state index >= 15 is 0 Å². The van der Waals surface area contributed by atoms with Crippen molar-refractivity contribution in [2.75, 3.05) is 18.2 Å². The van der Waals surface area contributed by atoms with Crippen molar-refractivity contribution in [3.8, 4) is 0 Å². The van der Waals surface area contributed by atoms with Gasteiger partial charge in [0.05, 0.1) is 12.7 Å². The van der Waals surface area contributed by atoms with Crippen LogP contribution < -0.4 is 10.9 Å². The lowest BCUT2D eigenvalue weighted by atomic mass is 10.2. The summed E-state index contributed by atoms with van der Waals surface area (Å²) in [6, 6.07) is 6.20. The first kappa shape index (κ1) is 15.3. The Morgan fingerprint density at radius 3 is 2.74 bits per heavy atom. The van der Waals surface area contributed by atoms with Crippen LogP contribution in [0, 0.1) is 0 Å². The normalized spacial score (nSPS) is 12.6. The van der Waals surface area contributed by atoms with Gasteiger partial charge in [0.15, 0.2) is 5.16 Å². The predicted octanol–water partition coefficient (Wildman–Crippen LogP) is 1.39. The summed E-state index contributed by atoms with van der Waals surface area (Å²) in [6.07, 6.45) is 1.30. The third kappa shape index (κ3) is 2.98. The Bertz CT molecular complexity index is 830. The number of aromatic nitrogens is 2. The Morgan fingerprint density at radius 1 is 1.30 bits per heavy atom. The average molecular weight is 331 g/mol. The number of benzene rings is 1. The van der Waals surface area contributed by atoms with Crippen LogP contribution >= 0.6 is 11.8 Å². The summed E-state index contributed by atoms with van der Waals surface area (Å²) in [7, 11) is 1.30. The Hall–Kier alpha value is -2.61. The molecule has 1 aliphatic rings. The summed E-state index contributed by atoms with van der Waals surface area (Å²) < 4.78 is 6.10. The van der Waals surface area contributed by atoms with E-state index in [0.717, 1.165) is 5.75 Å². The number of rotatable bonds is 3. The molecule has 0 fully saturated rings. The number of carbonyl (C=O) groups excluding carboxylic acids is 2. The van der Waals surface area contributed by atoms with Crippen molar-refractivity contribution < 1.29 is 14.3 Å². The molecule has 1 amide bonds. The van der Waals surface area contributed by atoms with Gasteiger partial charge in [-0.2, -0.15) is 0 Å². The van der Waals surface area contributed by atoms with Crippen LogP contribution in [0.1, 0.15) is 20.7 Å². The first-order valence-electron chi connectivity index (χ1n) is 6.82. The molecule has 1 aromatic carbocycles. The fourth-order valence-electron chi connectivity index (χ4n) is 2.18. The highest BCUT2D eigenvalue weighted by atomic mass is 32.2. The van der Waals surface area contributed by atoms with E-state index in [0.29, 0.717) is 23.0 Å². The van der Waals surface area contributed by atoms with Gasteiger partial charge in [-0.15, -0.1) is 0 Å². The maximum Gasteiger partial charge on any atom is 0.337 e. The van der Waals surface area contributed by atoms with E-state index < -0.39 is 11.9 Å². The van der Waals surface area contributed by atoms with Crippen LogP contribution in [0.3, 0.4) is 0 Å². The second kappa shape index (κ2) is 6.25. The monoisotopic (exact) mass is 331 g/mol. The summed E-state index contributed by atoms with van der Waals surface area (Å²) in [5.74, 6) is -0.204. The van der Waals surface area contributed by atoms with Gasteiger partial charge < -0.3 is 10.1 Å². The van der Waals surface area contributed by atoms with Crippen molar-refractivity contribution in [1.29, 1.82) is 0 Å². The summed E-state index contributed by atoms with van der Waals surface area (Å²) >= 11 is 1.49. The van der Waals surface area contributed by atoms with E-state index in [4.69, 9.17) is 0 Å². The van der Waals surface area contributed by atoms with Crippen LogP contribution in [0.5, 0.6) is 0 Å². The van der Waals surface area contributed by atoms with Crippen molar-refractivity contribution in [3.63, 3.8) is 0 Å². The Kier molecular flexibility index (Phi) is 4.16. The number of hydrogen-bond acceptors (Lipinski definition) is 6. The zero-order valence-corrected chi connectivity index (χ0v) is 13.1. The quantitative estimate of drug-likeness (QED) is 0.675. The minimum Gasteiger partial charge on any atom is -0.465 e. The molecule has 0 bridgehead atoms. The molecule has 23 heavy (non-hydrogen) atoms. The van der Waals surface area contributed by atoms with E-state index in [1.54, 1.807) is 12.1 Å². The average Bonchev–Trinajstić information content (AvgIpc) is 3.04. The number of anilines is 1. The zero-order valence-electron chi connectivity index (χ0n) is 12.2. The minimum absolute atomic E-state index is 0.00621. The first-order chi connectivity index (χ1) is 11.1. The van der Waals surface area contributed by atoms with Gasteiger partial charge in [-0.25, -0.2) is 9.78 Å². The molecule has 7 nitrogen and oxygen atoms in total. The highest BCUT2D eigenvalue weighted by Gasteiger charge is 2.20. The molecule has 118 valence electrons. The number of hydrogen-bond donors (Lipinski definition) is 1. The van der Waals surface area contributed by atoms with Gasteiger partial charge >= 0.3 is 5.97 Å². The van der Waals surface area contributed by atoms with E-state index in [9.17, 15) is 14.4 Å². The van der Waals surface area contributed by atoms with Crippen LogP contribution in [-0.4, -0.2) is 34.3 Å². The molecular weight excluding hydrogens is 318 g/mol. The van der Waals surface area contributed by atoms with Crippen LogP contribution in [0.2, 0.25) is 0 Å². The van der Waals surface area contributed by atoms with Gasteiger partial charge in [0.2, 0.25) is 0 Å². The van der Waals surface area contributed by atoms with Crippen molar-refractivity contribution >= 4 is 29.3 Å². The van der Waals surface area contributed by atoms with Crippen molar-refractivity contribution in [2.24, 2.45) is 0 Å². The molecule has 1 aromatic heterocycles. The topological polar surface area (TPSA) is 90.3 Å². The molecule has 0 saturated carbocycles. The second-order valence-corrected chi connectivity index (χ2v) is 5.84. The molecule has 0 unspecified atom stereocenters. The van der Waals surface area contributed by atoms with Crippen molar-refractivity contribution in [3.05, 3.63) is 51.9 Å². The van der Waals surface area contributed by atoms with Gasteiger partial charge in [0.1, 0.15) is 5.56 Å². The van der Waals surface area contributed by atoms with Gasteiger partial charge in [0, 0.05) is 24.2 Å².